The summed E-state index contributed by atoms with van der Waals surface area (Å²) in [4.78, 5) is 0.0365. The molecule has 160 valence electrons. The van der Waals surface area contributed by atoms with Crippen LogP contribution in [0.5, 0.6) is 0 Å². The average Bonchev–Trinajstić information content (AvgIpc) is 2.69. The van der Waals surface area contributed by atoms with Crippen LogP contribution in [-0.2, 0) is 35.8 Å². The van der Waals surface area contributed by atoms with Crippen LogP contribution in [0.2, 0.25) is 0 Å². The highest BCUT2D eigenvalue weighted by Gasteiger charge is 2.14. The third-order valence-electron chi connectivity index (χ3n) is 5.53. The van der Waals surface area contributed by atoms with Crippen LogP contribution in [0.25, 0.3) is 0 Å². The standard InChI is InChI=1S/C25H36O3S/c1-3-5-7-12-21-18-19-22(24(20-21)14-8-6-4-2)15-11-16-23-13-9-10-17-25(23)29(26,27)28/h9-10,13,17-20H,3-8,11-12,14-16H2,1-2H3,(H,26,27,28). The Labute approximate surface area is 177 Å². The van der Waals surface area contributed by atoms with E-state index in [2.05, 4.69) is 32.0 Å². The van der Waals surface area contributed by atoms with Crippen LogP contribution in [0, 0.1) is 0 Å². The fraction of sp³-hybridized carbons (Fsp3) is 0.520. The predicted octanol–water partition coefficient (Wildman–Crippen LogP) is 6.57. The molecule has 0 saturated heterocycles. The number of aryl methyl sites for hydroxylation is 4. The molecular weight excluding hydrogens is 380 g/mol. The molecule has 0 radical (unpaired) electrons. The van der Waals surface area contributed by atoms with Gasteiger partial charge in [0.2, 0.25) is 0 Å². The molecule has 1 N–H and O–H groups in total. The summed E-state index contributed by atoms with van der Waals surface area (Å²) in [6.45, 7) is 4.47. The molecule has 0 amide bonds. The van der Waals surface area contributed by atoms with E-state index in [1.807, 2.05) is 6.07 Å². The Hall–Kier alpha value is -1.65. The molecule has 29 heavy (non-hydrogen) atoms. The Balaban J connectivity index is 2.07. The van der Waals surface area contributed by atoms with E-state index in [1.54, 1.807) is 12.1 Å². The molecule has 0 spiro atoms. The topological polar surface area (TPSA) is 54.4 Å². The molecule has 0 bridgehead atoms. The van der Waals surface area contributed by atoms with Gasteiger partial charge in [0.25, 0.3) is 10.1 Å². The van der Waals surface area contributed by atoms with Crippen molar-refractivity contribution >= 4 is 10.1 Å². The molecule has 3 nitrogen and oxygen atoms in total. The van der Waals surface area contributed by atoms with Crippen molar-refractivity contribution in [3.63, 3.8) is 0 Å². The molecule has 0 aromatic heterocycles. The molecule has 0 fully saturated rings. The second-order valence-electron chi connectivity index (χ2n) is 7.95. The minimum Gasteiger partial charge on any atom is -0.282 e. The van der Waals surface area contributed by atoms with Gasteiger partial charge in [-0.1, -0.05) is 75.9 Å². The van der Waals surface area contributed by atoms with Crippen molar-refractivity contribution in [2.45, 2.75) is 89.4 Å². The zero-order valence-electron chi connectivity index (χ0n) is 18.0. The molecule has 2 rings (SSSR count). The second-order valence-corrected chi connectivity index (χ2v) is 9.34. The van der Waals surface area contributed by atoms with E-state index in [4.69, 9.17) is 0 Å². The van der Waals surface area contributed by atoms with Crippen molar-refractivity contribution in [1.29, 1.82) is 0 Å². The maximum Gasteiger partial charge on any atom is 0.294 e. The third-order valence-corrected chi connectivity index (χ3v) is 6.49. The van der Waals surface area contributed by atoms with Gasteiger partial charge in [-0.2, -0.15) is 8.42 Å². The van der Waals surface area contributed by atoms with Crippen molar-refractivity contribution in [3.8, 4) is 0 Å². The highest BCUT2D eigenvalue weighted by molar-refractivity contribution is 7.85. The van der Waals surface area contributed by atoms with Crippen LogP contribution >= 0.6 is 0 Å². The Morgan fingerprint density at radius 2 is 1.31 bits per heavy atom. The van der Waals surface area contributed by atoms with Crippen LogP contribution < -0.4 is 0 Å². The lowest BCUT2D eigenvalue weighted by molar-refractivity contribution is 0.482. The molecule has 0 unspecified atom stereocenters. The minimum absolute atomic E-state index is 0.0365. The summed E-state index contributed by atoms with van der Waals surface area (Å²) in [6.07, 6.45) is 12.2. The van der Waals surface area contributed by atoms with E-state index in [9.17, 15) is 13.0 Å². The lowest BCUT2D eigenvalue weighted by Crippen LogP contribution is -2.04. The number of hydrogen-bond acceptors (Lipinski definition) is 2. The SMILES string of the molecule is CCCCCc1ccc(CCCc2ccccc2S(=O)(=O)O)c(CCCCC)c1. The summed E-state index contributed by atoms with van der Waals surface area (Å²) in [5, 5.41) is 0. The van der Waals surface area contributed by atoms with E-state index < -0.39 is 10.1 Å². The van der Waals surface area contributed by atoms with Crippen LogP contribution in [-0.4, -0.2) is 13.0 Å². The Morgan fingerprint density at radius 3 is 2.00 bits per heavy atom. The summed E-state index contributed by atoms with van der Waals surface area (Å²) >= 11 is 0. The van der Waals surface area contributed by atoms with E-state index in [0.717, 1.165) is 25.7 Å². The van der Waals surface area contributed by atoms with Crippen LogP contribution in [0.15, 0.2) is 47.4 Å². The second kappa shape index (κ2) is 12.1. The molecule has 2 aromatic carbocycles. The fourth-order valence-electron chi connectivity index (χ4n) is 3.89. The van der Waals surface area contributed by atoms with Crippen molar-refractivity contribution < 1.29 is 13.0 Å². The zero-order valence-corrected chi connectivity index (χ0v) is 18.8. The zero-order chi connectivity index (χ0) is 21.1. The Morgan fingerprint density at radius 1 is 0.690 bits per heavy atom. The van der Waals surface area contributed by atoms with Gasteiger partial charge in [-0.15, -0.1) is 0 Å². The van der Waals surface area contributed by atoms with Crippen molar-refractivity contribution in [2.75, 3.05) is 0 Å². The summed E-state index contributed by atoms with van der Waals surface area (Å²) < 4.78 is 32.6. The smallest absolute Gasteiger partial charge is 0.282 e. The van der Waals surface area contributed by atoms with Crippen molar-refractivity contribution in [2.24, 2.45) is 0 Å². The fourth-order valence-corrected chi connectivity index (χ4v) is 4.64. The molecule has 0 aliphatic rings. The third kappa shape index (κ3) is 7.94. The van der Waals surface area contributed by atoms with Crippen LogP contribution in [0.3, 0.4) is 0 Å². The largest absolute Gasteiger partial charge is 0.294 e. The maximum atomic E-state index is 11.6. The molecule has 4 heteroatoms. The van der Waals surface area contributed by atoms with Gasteiger partial charge in [0.15, 0.2) is 0 Å². The molecule has 0 aliphatic carbocycles. The average molecular weight is 417 g/mol. The summed E-state index contributed by atoms with van der Waals surface area (Å²) in [5.41, 5.74) is 4.96. The molecule has 0 heterocycles. The van der Waals surface area contributed by atoms with E-state index in [-0.39, 0.29) is 4.90 Å². The van der Waals surface area contributed by atoms with Gasteiger partial charge in [0, 0.05) is 0 Å². The maximum absolute atomic E-state index is 11.6. The molecular formula is C25H36O3S. The monoisotopic (exact) mass is 416 g/mol. The Bertz CT molecular complexity index is 856. The van der Waals surface area contributed by atoms with Crippen molar-refractivity contribution in [3.05, 3.63) is 64.7 Å². The summed E-state index contributed by atoms with van der Waals surface area (Å²) in [6, 6.07) is 13.7. The van der Waals surface area contributed by atoms with Gasteiger partial charge in [0.1, 0.15) is 0 Å². The first-order valence-electron chi connectivity index (χ1n) is 11.1. The van der Waals surface area contributed by atoms with Gasteiger partial charge in [0.05, 0.1) is 4.90 Å². The molecule has 0 saturated carbocycles. The van der Waals surface area contributed by atoms with Crippen LogP contribution in [0.1, 0.15) is 81.0 Å². The van der Waals surface area contributed by atoms with E-state index >= 15 is 0 Å². The van der Waals surface area contributed by atoms with Gasteiger partial charge in [-0.3, -0.25) is 4.55 Å². The lowest BCUT2D eigenvalue weighted by Gasteiger charge is -2.13. The summed E-state index contributed by atoms with van der Waals surface area (Å²) in [7, 11) is -4.17. The first-order chi connectivity index (χ1) is 14.0. The van der Waals surface area contributed by atoms with Crippen molar-refractivity contribution in [1.82, 2.24) is 0 Å². The number of hydrogen-bond donors (Lipinski definition) is 1. The van der Waals surface area contributed by atoms with Gasteiger partial charge < -0.3 is 0 Å². The number of unbranched alkanes of at least 4 members (excludes halogenated alkanes) is 4. The molecule has 2 aromatic rings. The van der Waals surface area contributed by atoms with Gasteiger partial charge in [-0.25, -0.2) is 0 Å². The highest BCUT2D eigenvalue weighted by Crippen LogP contribution is 2.21. The molecule has 0 atom stereocenters. The lowest BCUT2D eigenvalue weighted by atomic mass is 9.93. The summed E-state index contributed by atoms with van der Waals surface area (Å²) in [5.74, 6) is 0. The number of rotatable bonds is 13. The minimum atomic E-state index is -4.17. The van der Waals surface area contributed by atoms with Gasteiger partial charge >= 0.3 is 0 Å². The Kier molecular flexibility index (Phi) is 9.89. The molecule has 0 aliphatic heterocycles. The highest BCUT2D eigenvalue weighted by atomic mass is 32.2. The predicted molar refractivity (Wildman–Crippen MR) is 121 cm³/mol. The first-order valence-corrected chi connectivity index (χ1v) is 12.6. The number of benzene rings is 2. The van der Waals surface area contributed by atoms with Crippen LogP contribution in [0.4, 0.5) is 0 Å². The van der Waals surface area contributed by atoms with E-state index in [1.165, 1.54) is 61.3 Å². The van der Waals surface area contributed by atoms with Gasteiger partial charge in [-0.05, 0) is 73.3 Å². The normalized spacial score (nSPS) is 11.7. The first kappa shape index (κ1) is 23.6. The van der Waals surface area contributed by atoms with E-state index in [0.29, 0.717) is 12.0 Å². The quantitative estimate of drug-likeness (QED) is 0.297.